The first-order valence-corrected chi connectivity index (χ1v) is 21.6. The SMILES string of the molecule is CC/C=C/C/C=C/C/C=C/CCCCCCCC(=O)OC[C@H](COP(=O)(O)OCCN)OC(=O)CCCCCCC/C=C/CCCCCCCC. The Morgan fingerprint density at radius 3 is 1.63 bits per heavy atom. The topological polar surface area (TPSA) is 134 Å². The molecule has 10 heteroatoms. The molecule has 0 rings (SSSR count). The van der Waals surface area contributed by atoms with E-state index >= 15 is 0 Å². The van der Waals surface area contributed by atoms with Gasteiger partial charge in [0.25, 0.3) is 0 Å². The number of carbonyl (C=O) groups is 2. The fourth-order valence-electron chi connectivity index (χ4n) is 5.23. The minimum atomic E-state index is -4.38. The van der Waals surface area contributed by atoms with Crippen LogP contribution in [0.4, 0.5) is 0 Å². The third-order valence-electron chi connectivity index (χ3n) is 8.20. The van der Waals surface area contributed by atoms with E-state index in [2.05, 4.69) is 62.5 Å². The maximum Gasteiger partial charge on any atom is 0.472 e. The molecule has 0 heterocycles. The molecule has 0 spiro atoms. The Labute approximate surface area is 311 Å². The summed E-state index contributed by atoms with van der Waals surface area (Å²) in [4.78, 5) is 34.8. The molecule has 0 fully saturated rings. The maximum absolute atomic E-state index is 12.5. The van der Waals surface area contributed by atoms with E-state index in [0.717, 1.165) is 83.5 Å². The fourth-order valence-corrected chi connectivity index (χ4v) is 6.00. The predicted molar refractivity (Wildman–Crippen MR) is 210 cm³/mol. The largest absolute Gasteiger partial charge is 0.472 e. The molecule has 51 heavy (non-hydrogen) atoms. The van der Waals surface area contributed by atoms with Crippen LogP contribution >= 0.6 is 7.82 Å². The van der Waals surface area contributed by atoms with E-state index in [1.165, 1.54) is 44.9 Å². The Bertz CT molecular complexity index is 981. The van der Waals surface area contributed by atoms with Crippen molar-refractivity contribution < 1.29 is 37.6 Å². The van der Waals surface area contributed by atoms with Gasteiger partial charge in [-0.15, -0.1) is 0 Å². The average molecular weight is 740 g/mol. The van der Waals surface area contributed by atoms with Gasteiger partial charge in [-0.25, -0.2) is 4.57 Å². The van der Waals surface area contributed by atoms with E-state index in [1.807, 2.05) is 0 Å². The number of hydrogen-bond acceptors (Lipinski definition) is 8. The van der Waals surface area contributed by atoms with E-state index < -0.39 is 32.5 Å². The number of ether oxygens (including phenoxy) is 2. The van der Waals surface area contributed by atoms with Crippen molar-refractivity contribution in [1.29, 1.82) is 0 Å². The number of esters is 2. The summed E-state index contributed by atoms with van der Waals surface area (Å²) in [5.74, 6) is -0.861. The highest BCUT2D eigenvalue weighted by atomic mass is 31.2. The summed E-state index contributed by atoms with van der Waals surface area (Å²) in [6.07, 6.45) is 41.4. The molecule has 0 aromatic carbocycles. The van der Waals surface area contributed by atoms with Gasteiger partial charge in [0, 0.05) is 19.4 Å². The van der Waals surface area contributed by atoms with E-state index in [9.17, 15) is 19.0 Å². The predicted octanol–water partition coefficient (Wildman–Crippen LogP) is 11.2. The molecule has 1 unspecified atom stereocenters. The van der Waals surface area contributed by atoms with Crippen LogP contribution in [0.15, 0.2) is 48.6 Å². The van der Waals surface area contributed by atoms with Gasteiger partial charge in [-0.2, -0.15) is 0 Å². The third kappa shape index (κ3) is 37.5. The van der Waals surface area contributed by atoms with Crippen LogP contribution in [0.1, 0.15) is 168 Å². The zero-order valence-corrected chi connectivity index (χ0v) is 33.2. The molecule has 0 amide bonds. The van der Waals surface area contributed by atoms with Crippen LogP contribution in [0.2, 0.25) is 0 Å². The Balaban J connectivity index is 4.24. The molecule has 9 nitrogen and oxygen atoms in total. The van der Waals surface area contributed by atoms with Crippen LogP contribution in [-0.2, 0) is 32.7 Å². The van der Waals surface area contributed by atoms with Crippen molar-refractivity contribution in [3.05, 3.63) is 48.6 Å². The first-order chi connectivity index (χ1) is 24.8. The number of phosphoric ester groups is 1. The minimum Gasteiger partial charge on any atom is -0.462 e. The number of allylic oxidation sites excluding steroid dienone is 8. The summed E-state index contributed by atoms with van der Waals surface area (Å²) in [5.41, 5.74) is 5.33. The van der Waals surface area contributed by atoms with Gasteiger partial charge in [0.05, 0.1) is 13.2 Å². The third-order valence-corrected chi connectivity index (χ3v) is 9.18. The molecule has 0 aliphatic heterocycles. The van der Waals surface area contributed by atoms with E-state index in [1.54, 1.807) is 0 Å². The zero-order chi connectivity index (χ0) is 37.5. The molecular weight excluding hydrogens is 665 g/mol. The lowest BCUT2D eigenvalue weighted by molar-refractivity contribution is -0.161. The summed E-state index contributed by atoms with van der Waals surface area (Å²) in [6, 6.07) is 0. The van der Waals surface area contributed by atoms with E-state index in [-0.39, 0.29) is 32.6 Å². The molecule has 0 aromatic rings. The monoisotopic (exact) mass is 740 g/mol. The Morgan fingerprint density at radius 2 is 1.08 bits per heavy atom. The lowest BCUT2D eigenvalue weighted by atomic mass is 10.1. The first kappa shape index (κ1) is 49.0. The number of nitrogens with two attached hydrogens (primary N) is 1. The summed E-state index contributed by atoms with van der Waals surface area (Å²) < 4.78 is 32.7. The standard InChI is InChI=1S/C41H74NO8P/c1-3-5-7-9-11-13-15-17-19-21-23-25-27-29-31-33-40(43)47-37-39(38-49-51(45,46)48-36-35-42)50-41(44)34-32-30-28-26-24-22-20-18-16-14-12-10-8-6-4-2/h5,7,11,13,17-20,39H,3-4,6,8-10,12,14-16,21-38,42H2,1-2H3,(H,45,46)/b7-5+,13-11+,19-17+,20-18+/t39-/m1/s1. The van der Waals surface area contributed by atoms with Gasteiger partial charge < -0.3 is 20.1 Å². The summed E-state index contributed by atoms with van der Waals surface area (Å²) >= 11 is 0. The van der Waals surface area contributed by atoms with Crippen molar-refractivity contribution in [2.24, 2.45) is 5.73 Å². The quantitative estimate of drug-likeness (QED) is 0.0276. The second-order valence-corrected chi connectivity index (χ2v) is 14.6. The molecule has 0 radical (unpaired) electrons. The van der Waals surface area contributed by atoms with E-state index in [4.69, 9.17) is 24.3 Å². The van der Waals surface area contributed by atoms with Gasteiger partial charge in [-0.05, 0) is 70.6 Å². The molecule has 2 atom stereocenters. The van der Waals surface area contributed by atoms with Crippen molar-refractivity contribution in [2.75, 3.05) is 26.4 Å². The molecule has 0 saturated carbocycles. The van der Waals surface area contributed by atoms with Crippen LogP contribution in [0.5, 0.6) is 0 Å². The van der Waals surface area contributed by atoms with Crippen molar-refractivity contribution >= 4 is 19.8 Å². The smallest absolute Gasteiger partial charge is 0.462 e. The molecule has 0 aliphatic rings. The van der Waals surface area contributed by atoms with Gasteiger partial charge in [0.2, 0.25) is 0 Å². The number of rotatable bonds is 37. The molecule has 3 N–H and O–H groups in total. The van der Waals surface area contributed by atoms with Gasteiger partial charge >= 0.3 is 19.8 Å². The van der Waals surface area contributed by atoms with E-state index in [0.29, 0.717) is 12.8 Å². The second kappa shape index (κ2) is 37.7. The highest BCUT2D eigenvalue weighted by Crippen LogP contribution is 2.43. The van der Waals surface area contributed by atoms with Crippen molar-refractivity contribution in [1.82, 2.24) is 0 Å². The maximum atomic E-state index is 12.5. The molecule has 0 saturated heterocycles. The molecular formula is C41H74NO8P. The molecule has 0 aliphatic carbocycles. The Hall–Kier alpha value is -2.03. The van der Waals surface area contributed by atoms with Gasteiger partial charge in [0.1, 0.15) is 6.61 Å². The van der Waals surface area contributed by atoms with Crippen LogP contribution in [0.25, 0.3) is 0 Å². The lowest BCUT2D eigenvalue weighted by Gasteiger charge is -2.19. The first-order valence-electron chi connectivity index (χ1n) is 20.1. The highest BCUT2D eigenvalue weighted by molar-refractivity contribution is 7.47. The van der Waals surface area contributed by atoms with Gasteiger partial charge in [-0.1, -0.05) is 133 Å². The highest BCUT2D eigenvalue weighted by Gasteiger charge is 2.25. The molecule has 296 valence electrons. The van der Waals surface area contributed by atoms with Crippen LogP contribution in [0.3, 0.4) is 0 Å². The van der Waals surface area contributed by atoms with Gasteiger partial charge in [0.15, 0.2) is 6.10 Å². The van der Waals surface area contributed by atoms with Crippen LogP contribution in [-0.4, -0.2) is 49.3 Å². The Kier molecular flexibility index (Phi) is 36.2. The average Bonchev–Trinajstić information content (AvgIpc) is 3.11. The normalized spacial score (nSPS) is 13.9. The number of unbranched alkanes of at least 4 members (excludes halogenated alkanes) is 16. The van der Waals surface area contributed by atoms with Crippen LogP contribution in [0, 0.1) is 0 Å². The van der Waals surface area contributed by atoms with Crippen LogP contribution < -0.4 is 5.73 Å². The van der Waals surface area contributed by atoms with Crippen molar-refractivity contribution in [2.45, 2.75) is 174 Å². The van der Waals surface area contributed by atoms with Crippen molar-refractivity contribution in [3.63, 3.8) is 0 Å². The Morgan fingerprint density at radius 1 is 0.608 bits per heavy atom. The van der Waals surface area contributed by atoms with Crippen molar-refractivity contribution in [3.8, 4) is 0 Å². The minimum absolute atomic E-state index is 0.0480. The fraction of sp³-hybridized carbons (Fsp3) is 0.756. The lowest BCUT2D eigenvalue weighted by Crippen LogP contribution is -2.29. The number of hydrogen-bond donors (Lipinski definition) is 2. The summed E-state index contributed by atoms with van der Waals surface area (Å²) in [6.45, 7) is 3.57. The number of phosphoric acid groups is 1. The number of carbonyl (C=O) groups excluding carboxylic acids is 2. The summed E-state index contributed by atoms with van der Waals surface area (Å²) in [5, 5.41) is 0. The second-order valence-electron chi connectivity index (χ2n) is 13.1. The summed E-state index contributed by atoms with van der Waals surface area (Å²) in [7, 11) is -4.38. The molecule has 0 bridgehead atoms. The molecule has 0 aromatic heterocycles. The zero-order valence-electron chi connectivity index (χ0n) is 32.3. The van der Waals surface area contributed by atoms with Gasteiger partial charge in [-0.3, -0.25) is 18.6 Å².